The van der Waals surface area contributed by atoms with Gasteiger partial charge in [-0.05, 0) is 12.8 Å². The predicted octanol–water partition coefficient (Wildman–Crippen LogP) is 1.61. The zero-order valence-electron chi connectivity index (χ0n) is 10.7. The van der Waals surface area contributed by atoms with E-state index in [1.54, 1.807) is 11.3 Å². The first-order valence-corrected chi connectivity index (χ1v) is 7.69. The molecule has 1 saturated carbocycles. The van der Waals surface area contributed by atoms with Crippen molar-refractivity contribution in [2.24, 2.45) is 0 Å². The van der Waals surface area contributed by atoms with Crippen LogP contribution in [0.25, 0.3) is 0 Å². The topological polar surface area (TPSA) is 46.0 Å². The van der Waals surface area contributed by atoms with E-state index in [1.807, 2.05) is 6.20 Å². The summed E-state index contributed by atoms with van der Waals surface area (Å²) < 4.78 is 2.22. The zero-order chi connectivity index (χ0) is 12.7. The Morgan fingerprint density at radius 1 is 1.37 bits per heavy atom. The average molecular weight is 275 g/mol. The molecule has 5 nitrogen and oxygen atoms in total. The minimum absolute atomic E-state index is 0.743. The van der Waals surface area contributed by atoms with E-state index in [0.717, 1.165) is 43.2 Å². The Morgan fingerprint density at radius 3 is 3.21 bits per heavy atom. The van der Waals surface area contributed by atoms with Crippen LogP contribution >= 0.6 is 11.3 Å². The Morgan fingerprint density at radius 2 is 2.32 bits per heavy atom. The van der Waals surface area contributed by atoms with Crippen LogP contribution in [-0.4, -0.2) is 27.1 Å². The van der Waals surface area contributed by atoms with Gasteiger partial charge in [0, 0.05) is 43.4 Å². The first-order chi connectivity index (χ1) is 9.38. The molecule has 1 aliphatic carbocycles. The first kappa shape index (κ1) is 11.4. The van der Waals surface area contributed by atoms with Gasteiger partial charge in [-0.25, -0.2) is 9.97 Å². The molecule has 2 aliphatic rings. The van der Waals surface area contributed by atoms with Gasteiger partial charge in [0.05, 0.1) is 12.2 Å². The van der Waals surface area contributed by atoms with Gasteiger partial charge in [0.2, 0.25) is 0 Å². The van der Waals surface area contributed by atoms with E-state index >= 15 is 0 Å². The quantitative estimate of drug-likeness (QED) is 0.921. The second-order valence-electron chi connectivity index (χ2n) is 5.24. The summed E-state index contributed by atoms with van der Waals surface area (Å²) in [5.74, 6) is 1.14. The fourth-order valence-electron chi connectivity index (χ4n) is 2.40. The van der Waals surface area contributed by atoms with Gasteiger partial charge in [-0.2, -0.15) is 0 Å². The second-order valence-corrected chi connectivity index (χ2v) is 6.07. The summed E-state index contributed by atoms with van der Waals surface area (Å²) in [5.41, 5.74) is 1.17. The number of imidazole rings is 1. The monoisotopic (exact) mass is 275 g/mol. The van der Waals surface area contributed by atoms with Crippen LogP contribution in [0.15, 0.2) is 17.8 Å². The smallest absolute Gasteiger partial charge is 0.186 e. The summed E-state index contributed by atoms with van der Waals surface area (Å²) in [6.07, 6.45) is 6.59. The molecule has 3 heterocycles. The van der Waals surface area contributed by atoms with Crippen molar-refractivity contribution in [2.75, 3.05) is 11.4 Å². The van der Waals surface area contributed by atoms with Crippen LogP contribution < -0.4 is 10.2 Å². The zero-order valence-corrected chi connectivity index (χ0v) is 11.6. The summed E-state index contributed by atoms with van der Waals surface area (Å²) in [6.45, 7) is 3.80. The first-order valence-electron chi connectivity index (χ1n) is 6.81. The third-order valence-electron chi connectivity index (χ3n) is 3.70. The van der Waals surface area contributed by atoms with Crippen molar-refractivity contribution >= 4 is 16.5 Å². The van der Waals surface area contributed by atoms with Crippen LogP contribution in [0.1, 0.15) is 24.4 Å². The lowest BCUT2D eigenvalue weighted by atomic mass is 10.4. The minimum Gasteiger partial charge on any atom is -0.339 e. The number of fused-ring (bicyclic) bond motifs is 1. The van der Waals surface area contributed by atoms with E-state index in [-0.39, 0.29) is 0 Å². The molecule has 4 rings (SSSR count). The number of hydrogen-bond donors (Lipinski definition) is 1. The molecule has 0 atom stereocenters. The van der Waals surface area contributed by atoms with Gasteiger partial charge < -0.3 is 14.8 Å². The number of hydrogen-bond acceptors (Lipinski definition) is 5. The molecule has 19 heavy (non-hydrogen) atoms. The van der Waals surface area contributed by atoms with E-state index in [1.165, 1.54) is 18.5 Å². The number of nitrogens with zero attached hydrogens (tertiary/aromatic N) is 4. The molecule has 0 spiro atoms. The summed E-state index contributed by atoms with van der Waals surface area (Å²) >= 11 is 1.74. The van der Waals surface area contributed by atoms with E-state index in [2.05, 4.69) is 31.3 Å². The van der Waals surface area contributed by atoms with Crippen LogP contribution in [0.3, 0.4) is 0 Å². The fraction of sp³-hybridized carbons (Fsp3) is 0.538. The highest BCUT2D eigenvalue weighted by Gasteiger charge is 2.22. The van der Waals surface area contributed by atoms with Crippen LogP contribution in [0.2, 0.25) is 0 Å². The van der Waals surface area contributed by atoms with E-state index < -0.39 is 0 Å². The molecular weight excluding hydrogens is 258 g/mol. The third-order valence-corrected chi connectivity index (χ3v) is 4.65. The number of rotatable bonds is 4. The molecule has 0 saturated heterocycles. The van der Waals surface area contributed by atoms with Gasteiger partial charge in [0.25, 0.3) is 0 Å². The van der Waals surface area contributed by atoms with Crippen LogP contribution in [0.5, 0.6) is 0 Å². The Bertz CT molecular complexity index is 571. The molecule has 1 fully saturated rings. The molecule has 0 amide bonds. The molecule has 0 bridgehead atoms. The maximum Gasteiger partial charge on any atom is 0.186 e. The molecule has 2 aromatic heterocycles. The van der Waals surface area contributed by atoms with Crippen molar-refractivity contribution in [2.45, 2.75) is 38.5 Å². The van der Waals surface area contributed by atoms with Gasteiger partial charge in [0.15, 0.2) is 5.13 Å². The van der Waals surface area contributed by atoms with Crippen molar-refractivity contribution < 1.29 is 0 Å². The van der Waals surface area contributed by atoms with E-state index in [9.17, 15) is 0 Å². The third kappa shape index (κ3) is 2.37. The Balaban J connectivity index is 1.44. The number of aromatic nitrogens is 3. The molecule has 0 unspecified atom stereocenters. The molecule has 1 aliphatic heterocycles. The summed E-state index contributed by atoms with van der Waals surface area (Å²) in [5, 5.41) is 6.81. The van der Waals surface area contributed by atoms with Crippen LogP contribution in [-0.2, 0) is 19.6 Å². The van der Waals surface area contributed by atoms with Crippen LogP contribution in [0.4, 0.5) is 5.13 Å². The molecule has 1 N–H and O–H groups in total. The van der Waals surface area contributed by atoms with Crippen molar-refractivity contribution in [1.82, 2.24) is 19.9 Å². The largest absolute Gasteiger partial charge is 0.339 e. The number of anilines is 1. The van der Waals surface area contributed by atoms with Crippen molar-refractivity contribution in [3.05, 3.63) is 29.3 Å². The van der Waals surface area contributed by atoms with Gasteiger partial charge in [-0.1, -0.05) is 0 Å². The molecule has 100 valence electrons. The van der Waals surface area contributed by atoms with E-state index in [4.69, 9.17) is 4.98 Å². The SMILES string of the molecule is c1cn2c(n1)CN(c1nc(CNC3CC3)cs1)CC2. The molecule has 6 heteroatoms. The van der Waals surface area contributed by atoms with Crippen molar-refractivity contribution in [3.63, 3.8) is 0 Å². The lowest BCUT2D eigenvalue weighted by Crippen LogP contribution is -2.33. The number of thiazole rings is 1. The van der Waals surface area contributed by atoms with Gasteiger partial charge in [-0.15, -0.1) is 11.3 Å². The normalized spacial score (nSPS) is 18.6. The van der Waals surface area contributed by atoms with Crippen LogP contribution in [0, 0.1) is 0 Å². The maximum atomic E-state index is 4.74. The molecular formula is C13H17N5S. The molecule has 0 aromatic carbocycles. The molecule has 2 aromatic rings. The fourth-order valence-corrected chi connectivity index (χ4v) is 3.25. The Labute approximate surface area is 116 Å². The second kappa shape index (κ2) is 4.61. The molecule has 0 radical (unpaired) electrons. The van der Waals surface area contributed by atoms with Crippen molar-refractivity contribution in [3.8, 4) is 0 Å². The minimum atomic E-state index is 0.743. The Hall–Kier alpha value is -1.40. The summed E-state index contributed by atoms with van der Waals surface area (Å²) in [6, 6.07) is 0.743. The highest BCUT2D eigenvalue weighted by Crippen LogP contribution is 2.25. The maximum absolute atomic E-state index is 4.74. The average Bonchev–Trinajstić information content (AvgIpc) is 2.96. The standard InChI is InChI=1S/C13H17N5S/c1-2-10(1)15-7-11-9-19-13(16-11)18-6-5-17-4-3-14-12(17)8-18/h3-4,9-10,15H,1-2,5-8H2. The highest BCUT2D eigenvalue weighted by molar-refractivity contribution is 7.13. The number of nitrogens with one attached hydrogen (secondary N) is 1. The lowest BCUT2D eigenvalue weighted by Gasteiger charge is -2.27. The Kier molecular flexibility index (Phi) is 2.77. The predicted molar refractivity (Wildman–Crippen MR) is 75.3 cm³/mol. The lowest BCUT2D eigenvalue weighted by molar-refractivity contribution is 0.558. The summed E-state index contributed by atoms with van der Waals surface area (Å²) in [4.78, 5) is 11.5. The summed E-state index contributed by atoms with van der Waals surface area (Å²) in [7, 11) is 0. The highest BCUT2D eigenvalue weighted by atomic mass is 32.1. The van der Waals surface area contributed by atoms with Gasteiger partial charge in [-0.3, -0.25) is 0 Å². The van der Waals surface area contributed by atoms with Crippen molar-refractivity contribution in [1.29, 1.82) is 0 Å². The van der Waals surface area contributed by atoms with Gasteiger partial charge in [0.1, 0.15) is 5.82 Å². The van der Waals surface area contributed by atoms with E-state index in [0.29, 0.717) is 0 Å². The van der Waals surface area contributed by atoms with Gasteiger partial charge >= 0.3 is 0 Å².